The molecule has 0 aliphatic rings. The van der Waals surface area contributed by atoms with Crippen LogP contribution < -0.4 is 5.73 Å². The molecule has 2 rings (SSSR count). The van der Waals surface area contributed by atoms with Gasteiger partial charge in [-0.1, -0.05) is 0 Å². The maximum Gasteiger partial charge on any atom is 0.211 e. The molecular weight excluding hydrogens is 190 g/mol. The van der Waals surface area contributed by atoms with Gasteiger partial charge in [-0.25, -0.2) is 15.0 Å². The predicted octanol–water partition coefficient (Wildman–Crippen LogP) is -0.450. The number of hydrogen-bond acceptors (Lipinski definition) is 5. The second-order valence-electron chi connectivity index (χ2n) is 2.43. The van der Waals surface area contributed by atoms with E-state index >= 15 is 0 Å². The van der Waals surface area contributed by atoms with Crippen molar-refractivity contribution in [2.45, 2.75) is 0 Å². The fourth-order valence-corrected chi connectivity index (χ4v) is 1.58. The molecule has 2 aromatic heterocycles. The smallest absolute Gasteiger partial charge is 0.211 e. The van der Waals surface area contributed by atoms with Crippen LogP contribution >= 0.6 is 0 Å². The number of hydrogen-bond donors (Lipinski definition) is 1. The monoisotopic (exact) mass is 197 g/mol. The van der Waals surface area contributed by atoms with Crippen molar-refractivity contribution >= 4 is 28.3 Å². The zero-order valence-corrected chi connectivity index (χ0v) is 7.65. The average Bonchev–Trinajstić information content (AvgIpc) is 2.48. The van der Waals surface area contributed by atoms with Crippen LogP contribution in [0.25, 0.3) is 11.2 Å². The number of aromatic nitrogens is 4. The van der Waals surface area contributed by atoms with Crippen LogP contribution in [0.4, 0.5) is 5.82 Å². The quantitative estimate of drug-likeness (QED) is 0.625. The molecule has 2 aromatic rings. The first kappa shape index (κ1) is 8.27. The highest BCUT2D eigenvalue weighted by molar-refractivity contribution is 7.89. The molecule has 0 aliphatic heterocycles. The van der Waals surface area contributed by atoms with Gasteiger partial charge in [0, 0.05) is 0 Å². The lowest BCUT2D eigenvalue weighted by molar-refractivity contribution is 0.593. The molecule has 0 fully saturated rings. The van der Waals surface area contributed by atoms with E-state index in [-0.39, 0.29) is 0 Å². The van der Waals surface area contributed by atoms with Crippen molar-refractivity contribution in [1.82, 2.24) is 18.9 Å². The summed E-state index contributed by atoms with van der Waals surface area (Å²) in [6.07, 6.45) is 4.30. The molecule has 0 saturated heterocycles. The molecule has 13 heavy (non-hydrogen) atoms. The lowest BCUT2D eigenvalue weighted by Crippen LogP contribution is -2.09. The minimum absolute atomic E-state index is 0.300. The second kappa shape index (κ2) is 2.86. The van der Waals surface area contributed by atoms with Crippen molar-refractivity contribution < 1.29 is 4.55 Å². The van der Waals surface area contributed by atoms with Crippen molar-refractivity contribution in [1.29, 1.82) is 0 Å². The molecule has 0 aromatic carbocycles. The van der Waals surface area contributed by atoms with Gasteiger partial charge >= 0.3 is 0 Å². The first-order chi connectivity index (χ1) is 6.20. The number of fused-ring (bicyclic) bond motifs is 1. The molecule has 68 valence electrons. The van der Waals surface area contributed by atoms with Crippen LogP contribution in [-0.2, 0) is 11.4 Å². The van der Waals surface area contributed by atoms with Gasteiger partial charge < -0.3 is 10.3 Å². The van der Waals surface area contributed by atoms with E-state index in [2.05, 4.69) is 15.0 Å². The molecule has 0 saturated carbocycles. The first-order valence-electron chi connectivity index (χ1n) is 3.47. The van der Waals surface area contributed by atoms with E-state index in [4.69, 9.17) is 5.73 Å². The summed E-state index contributed by atoms with van der Waals surface area (Å²) in [5.41, 5.74) is 6.52. The average molecular weight is 197 g/mol. The maximum atomic E-state index is 11.2. The third-order valence-electron chi connectivity index (χ3n) is 1.61. The van der Waals surface area contributed by atoms with E-state index in [1.54, 1.807) is 6.26 Å². The lowest BCUT2D eigenvalue weighted by Gasteiger charge is -2.03. The van der Waals surface area contributed by atoms with Crippen LogP contribution in [0.15, 0.2) is 12.7 Å². The zero-order chi connectivity index (χ0) is 9.42. The van der Waals surface area contributed by atoms with Crippen LogP contribution in [0.5, 0.6) is 0 Å². The number of rotatable bonds is 1. The molecule has 2 N–H and O–H groups in total. The highest BCUT2D eigenvalue weighted by atomic mass is 32.2. The summed E-state index contributed by atoms with van der Waals surface area (Å²) in [5.74, 6) is 0.300. The summed E-state index contributed by atoms with van der Waals surface area (Å²) >= 11 is -1.17. The molecule has 0 amide bonds. The Kier molecular flexibility index (Phi) is 1.82. The first-order valence-corrected chi connectivity index (χ1v) is 4.99. The molecule has 1 unspecified atom stereocenters. The Bertz CT molecular complexity index is 440. The van der Waals surface area contributed by atoms with E-state index < -0.39 is 11.4 Å². The summed E-state index contributed by atoms with van der Waals surface area (Å²) in [6, 6.07) is 0. The van der Waals surface area contributed by atoms with Crippen LogP contribution in [0.2, 0.25) is 0 Å². The van der Waals surface area contributed by atoms with Crippen LogP contribution in [0.3, 0.4) is 0 Å². The second-order valence-corrected chi connectivity index (χ2v) is 3.67. The van der Waals surface area contributed by atoms with Crippen molar-refractivity contribution in [2.24, 2.45) is 0 Å². The summed E-state index contributed by atoms with van der Waals surface area (Å²) in [7, 11) is 0. The maximum absolute atomic E-state index is 11.2. The van der Waals surface area contributed by atoms with Gasteiger partial charge in [-0.2, -0.15) is 0 Å². The highest BCUT2D eigenvalue weighted by Gasteiger charge is 2.12. The van der Waals surface area contributed by atoms with Crippen molar-refractivity contribution in [2.75, 3.05) is 12.0 Å². The highest BCUT2D eigenvalue weighted by Crippen LogP contribution is 2.14. The number of nitrogens with zero attached hydrogens (tertiary/aromatic N) is 4. The molecule has 0 aliphatic carbocycles. The van der Waals surface area contributed by atoms with E-state index in [1.807, 2.05) is 0 Å². The van der Waals surface area contributed by atoms with E-state index in [1.165, 1.54) is 16.6 Å². The Balaban J connectivity index is 2.75. The topological polar surface area (TPSA) is 92.7 Å². The van der Waals surface area contributed by atoms with Crippen molar-refractivity contribution in [3.8, 4) is 0 Å². The molecule has 0 spiro atoms. The van der Waals surface area contributed by atoms with Crippen LogP contribution in [0, 0.1) is 0 Å². The van der Waals surface area contributed by atoms with E-state index in [0.29, 0.717) is 17.0 Å². The van der Waals surface area contributed by atoms with Crippen LogP contribution in [0.1, 0.15) is 0 Å². The Morgan fingerprint density at radius 3 is 2.92 bits per heavy atom. The Hall–Kier alpha value is -1.34. The Morgan fingerprint density at radius 1 is 1.46 bits per heavy atom. The summed E-state index contributed by atoms with van der Waals surface area (Å²) < 4.78 is 12.6. The zero-order valence-electron chi connectivity index (χ0n) is 6.84. The van der Waals surface area contributed by atoms with Gasteiger partial charge in [0.1, 0.15) is 18.9 Å². The minimum atomic E-state index is -1.17. The molecule has 2 heterocycles. The van der Waals surface area contributed by atoms with E-state index in [0.717, 1.165) is 0 Å². The number of anilines is 1. The summed E-state index contributed by atoms with van der Waals surface area (Å²) in [5, 5.41) is 0. The molecule has 1 atom stereocenters. The van der Waals surface area contributed by atoms with Gasteiger partial charge in [-0.15, -0.1) is 3.97 Å². The Labute approximate surface area is 77.1 Å². The largest absolute Gasteiger partial charge is 0.593 e. The fraction of sp³-hybridized carbons (Fsp3) is 0.167. The van der Waals surface area contributed by atoms with E-state index in [9.17, 15) is 4.55 Å². The van der Waals surface area contributed by atoms with Gasteiger partial charge in [0.05, 0.1) is 11.4 Å². The van der Waals surface area contributed by atoms with Gasteiger partial charge in [-0.3, -0.25) is 0 Å². The number of nitrogens with two attached hydrogens (primary N) is 1. The predicted molar refractivity (Wildman–Crippen MR) is 49.2 cm³/mol. The molecule has 0 bridgehead atoms. The van der Waals surface area contributed by atoms with Gasteiger partial charge in [-0.05, 0) is 0 Å². The minimum Gasteiger partial charge on any atom is -0.593 e. The SMILES string of the molecule is C[S+]([O-])n1cnc2c(N)ncnc21. The number of nitrogen functional groups attached to an aromatic ring is 1. The normalized spacial score (nSPS) is 13.4. The third-order valence-corrected chi connectivity index (χ3v) is 2.43. The molecule has 0 radical (unpaired) electrons. The van der Waals surface area contributed by atoms with Gasteiger partial charge in [0.25, 0.3) is 0 Å². The van der Waals surface area contributed by atoms with Gasteiger partial charge in [0.15, 0.2) is 11.3 Å². The standard InChI is InChI=1S/C6H7N5OS/c1-13(12)11-3-10-4-5(7)8-2-9-6(4)11/h2-3H,1H3,(H2,7,8,9). The Morgan fingerprint density at radius 2 is 2.23 bits per heavy atom. The third kappa shape index (κ3) is 1.21. The van der Waals surface area contributed by atoms with Crippen molar-refractivity contribution in [3.05, 3.63) is 12.7 Å². The molecule has 6 nitrogen and oxygen atoms in total. The van der Waals surface area contributed by atoms with Crippen LogP contribution in [-0.4, -0.2) is 29.7 Å². The van der Waals surface area contributed by atoms with Gasteiger partial charge in [0.2, 0.25) is 5.65 Å². The summed E-state index contributed by atoms with van der Waals surface area (Å²) in [4.78, 5) is 11.7. The van der Waals surface area contributed by atoms with Crippen molar-refractivity contribution in [3.63, 3.8) is 0 Å². The molecular formula is C6H7N5OS. The summed E-state index contributed by atoms with van der Waals surface area (Å²) in [6.45, 7) is 0. The molecule has 7 heteroatoms. The lowest BCUT2D eigenvalue weighted by atomic mass is 10.5. The fourth-order valence-electron chi connectivity index (χ4n) is 1.02. The number of imidazole rings is 1.